The van der Waals surface area contributed by atoms with Gasteiger partial charge in [0.25, 0.3) is 0 Å². The van der Waals surface area contributed by atoms with Crippen LogP contribution in [0.5, 0.6) is 5.75 Å². The molecular formula is C24H24F5NO4S. The zero-order valence-corrected chi connectivity index (χ0v) is 19.6. The number of alkyl halides is 3. The van der Waals surface area contributed by atoms with Crippen molar-refractivity contribution in [2.24, 2.45) is 11.8 Å². The number of hydrogen-bond acceptors (Lipinski definition) is 4. The Bertz CT molecular complexity index is 1230. The summed E-state index contributed by atoms with van der Waals surface area (Å²) in [6.45, 7) is 1.96. The molecule has 4 rings (SSSR count). The first-order chi connectivity index (χ1) is 16.4. The first kappa shape index (κ1) is 25.4. The van der Waals surface area contributed by atoms with Crippen LogP contribution in [0.1, 0.15) is 43.7 Å². The van der Waals surface area contributed by atoms with Gasteiger partial charge in [-0.25, -0.2) is 17.2 Å². The number of sulfone groups is 1. The average Bonchev–Trinajstić information content (AvgIpc) is 2.80. The Morgan fingerprint density at radius 3 is 2.40 bits per heavy atom. The Balaban J connectivity index is 1.83. The molecule has 0 radical (unpaired) electrons. The molecule has 1 aliphatic heterocycles. The van der Waals surface area contributed by atoms with E-state index in [1.165, 1.54) is 0 Å². The number of rotatable bonds is 5. The molecule has 5 nitrogen and oxygen atoms in total. The summed E-state index contributed by atoms with van der Waals surface area (Å²) in [7, 11) is -4.52. The molecule has 35 heavy (non-hydrogen) atoms. The van der Waals surface area contributed by atoms with Crippen LogP contribution in [0.2, 0.25) is 0 Å². The molecule has 1 heterocycles. The normalized spacial score (nSPS) is 24.2. The SMILES string of the molecule is CCNC(=O)C[C@@H]1CC[C@@]2(S(=O)(=O)c3ccc(C(F)(F)F)cc3)c3c(F)ccc(F)c3OC[C@H]2C1. The zero-order chi connectivity index (χ0) is 25.6. The zero-order valence-electron chi connectivity index (χ0n) is 18.8. The van der Waals surface area contributed by atoms with Crippen molar-refractivity contribution in [3.05, 3.63) is 59.2 Å². The lowest BCUT2D eigenvalue weighted by molar-refractivity contribution is -0.137. The van der Waals surface area contributed by atoms with Crippen molar-refractivity contribution in [2.75, 3.05) is 13.2 Å². The van der Waals surface area contributed by atoms with Gasteiger partial charge in [-0.15, -0.1) is 0 Å². The molecule has 2 aliphatic rings. The van der Waals surface area contributed by atoms with Crippen LogP contribution in [0.3, 0.4) is 0 Å². The summed E-state index contributed by atoms with van der Waals surface area (Å²) in [5.74, 6) is -3.66. The highest BCUT2D eigenvalue weighted by Gasteiger charge is 2.59. The number of carbonyl (C=O) groups excluding carboxylic acids is 1. The van der Waals surface area contributed by atoms with Crippen LogP contribution in [0, 0.1) is 23.5 Å². The summed E-state index contributed by atoms with van der Waals surface area (Å²) in [4.78, 5) is 11.7. The highest BCUT2D eigenvalue weighted by atomic mass is 32.2. The van der Waals surface area contributed by atoms with Crippen molar-refractivity contribution >= 4 is 15.7 Å². The number of carbonyl (C=O) groups is 1. The quantitative estimate of drug-likeness (QED) is 0.568. The van der Waals surface area contributed by atoms with Crippen LogP contribution in [-0.2, 0) is 25.6 Å². The summed E-state index contributed by atoms with van der Waals surface area (Å²) in [6.07, 6.45) is -4.25. The van der Waals surface area contributed by atoms with Crippen LogP contribution in [0.15, 0.2) is 41.3 Å². The standard InChI is InChI=1S/C24H24F5NO4S/c1-2-30-20(31)12-14-9-10-23(35(32,33)17-5-3-15(4-6-17)24(27,28)29)16(11-14)13-34-22-19(26)8-7-18(25)21(22)23/h3-8,14,16H,2,9-13H2,1H3,(H,30,31)/t14-,16-,23+/m1/s1. The maximum absolute atomic E-state index is 15.2. The van der Waals surface area contributed by atoms with E-state index in [9.17, 15) is 30.8 Å². The van der Waals surface area contributed by atoms with Crippen LogP contribution < -0.4 is 10.1 Å². The summed E-state index contributed by atoms with van der Waals surface area (Å²) < 4.78 is 101. The van der Waals surface area contributed by atoms with E-state index in [-0.39, 0.29) is 44.1 Å². The predicted molar refractivity (Wildman–Crippen MR) is 116 cm³/mol. The number of nitrogens with one attached hydrogen (secondary N) is 1. The van der Waals surface area contributed by atoms with Crippen molar-refractivity contribution in [2.45, 2.75) is 48.4 Å². The van der Waals surface area contributed by atoms with E-state index in [0.717, 1.165) is 24.3 Å². The molecule has 0 spiro atoms. The van der Waals surface area contributed by atoms with Crippen molar-refractivity contribution in [1.29, 1.82) is 0 Å². The minimum Gasteiger partial charge on any atom is -0.490 e. The second kappa shape index (κ2) is 9.07. The number of amides is 1. The van der Waals surface area contributed by atoms with Gasteiger partial charge in [0.1, 0.15) is 10.6 Å². The number of fused-ring (bicyclic) bond motifs is 3. The van der Waals surface area contributed by atoms with Gasteiger partial charge in [-0.3, -0.25) is 4.79 Å². The molecule has 0 bridgehead atoms. The first-order valence-corrected chi connectivity index (χ1v) is 12.7. The van der Waals surface area contributed by atoms with Gasteiger partial charge in [0.2, 0.25) is 5.91 Å². The molecule has 1 aliphatic carbocycles. The van der Waals surface area contributed by atoms with E-state index < -0.39 is 60.1 Å². The van der Waals surface area contributed by atoms with Crippen molar-refractivity contribution in [3.63, 3.8) is 0 Å². The third-order valence-electron chi connectivity index (χ3n) is 6.93. The predicted octanol–water partition coefficient (Wildman–Crippen LogP) is 4.99. The third kappa shape index (κ3) is 4.28. The van der Waals surface area contributed by atoms with Crippen LogP contribution in [0.4, 0.5) is 22.0 Å². The fraction of sp³-hybridized carbons (Fsp3) is 0.458. The van der Waals surface area contributed by atoms with Crippen molar-refractivity contribution in [3.8, 4) is 5.75 Å². The minimum absolute atomic E-state index is 0.137. The molecule has 1 amide bonds. The largest absolute Gasteiger partial charge is 0.490 e. The molecule has 0 unspecified atom stereocenters. The van der Waals surface area contributed by atoms with Gasteiger partial charge in [0.15, 0.2) is 21.4 Å². The Hall–Kier alpha value is -2.69. The lowest BCUT2D eigenvalue weighted by Gasteiger charge is -2.49. The van der Waals surface area contributed by atoms with Gasteiger partial charge >= 0.3 is 6.18 Å². The highest BCUT2D eigenvalue weighted by Crippen LogP contribution is 2.57. The van der Waals surface area contributed by atoms with E-state index in [1.54, 1.807) is 6.92 Å². The molecule has 1 saturated carbocycles. The second-order valence-corrected chi connectivity index (χ2v) is 11.2. The van der Waals surface area contributed by atoms with Gasteiger partial charge in [-0.05, 0) is 68.5 Å². The Kier molecular flexibility index (Phi) is 6.58. The maximum atomic E-state index is 15.2. The van der Waals surface area contributed by atoms with Crippen LogP contribution in [-0.4, -0.2) is 27.5 Å². The Morgan fingerprint density at radius 1 is 1.11 bits per heavy atom. The number of hydrogen-bond donors (Lipinski definition) is 1. The topological polar surface area (TPSA) is 72.5 Å². The fourth-order valence-electron chi connectivity index (χ4n) is 5.36. The minimum atomic E-state index is -4.67. The monoisotopic (exact) mass is 517 g/mol. The maximum Gasteiger partial charge on any atom is 0.416 e. The molecule has 11 heteroatoms. The van der Waals surface area contributed by atoms with Gasteiger partial charge < -0.3 is 10.1 Å². The van der Waals surface area contributed by atoms with Gasteiger partial charge in [-0.2, -0.15) is 13.2 Å². The van der Waals surface area contributed by atoms with E-state index >= 15 is 4.39 Å². The summed E-state index contributed by atoms with van der Waals surface area (Å²) in [6, 6.07) is 4.66. The molecule has 1 N–H and O–H groups in total. The second-order valence-electron chi connectivity index (χ2n) is 8.95. The van der Waals surface area contributed by atoms with Crippen molar-refractivity contribution < 1.29 is 39.9 Å². The van der Waals surface area contributed by atoms with E-state index in [4.69, 9.17) is 4.74 Å². The molecule has 2 aromatic carbocycles. The van der Waals surface area contributed by atoms with E-state index in [0.29, 0.717) is 18.7 Å². The molecular weight excluding hydrogens is 493 g/mol. The summed E-state index contributed by atoms with van der Waals surface area (Å²) in [5.41, 5.74) is -1.47. The molecule has 3 atom stereocenters. The van der Waals surface area contributed by atoms with E-state index in [1.807, 2.05) is 0 Å². The highest BCUT2D eigenvalue weighted by molar-refractivity contribution is 7.92. The molecule has 1 fully saturated rings. The molecule has 2 aromatic rings. The number of halogens is 5. The number of benzene rings is 2. The average molecular weight is 518 g/mol. The Labute approximate surface area is 199 Å². The number of ether oxygens (including phenoxy) is 1. The van der Waals surface area contributed by atoms with Crippen LogP contribution in [0.25, 0.3) is 0 Å². The first-order valence-electron chi connectivity index (χ1n) is 11.2. The lowest BCUT2D eigenvalue weighted by Crippen LogP contribution is -2.52. The smallest absolute Gasteiger partial charge is 0.416 e. The summed E-state index contributed by atoms with van der Waals surface area (Å²) in [5, 5.41) is 2.69. The molecule has 0 saturated heterocycles. The fourth-order valence-corrected chi connectivity index (χ4v) is 7.72. The van der Waals surface area contributed by atoms with Gasteiger partial charge in [0, 0.05) is 18.9 Å². The van der Waals surface area contributed by atoms with E-state index in [2.05, 4.69) is 5.32 Å². The third-order valence-corrected chi connectivity index (χ3v) is 9.53. The van der Waals surface area contributed by atoms with Gasteiger partial charge in [0.05, 0.1) is 22.6 Å². The molecule has 190 valence electrons. The Morgan fingerprint density at radius 2 is 1.77 bits per heavy atom. The van der Waals surface area contributed by atoms with Gasteiger partial charge in [-0.1, -0.05) is 0 Å². The molecule has 0 aromatic heterocycles. The van der Waals surface area contributed by atoms with Crippen molar-refractivity contribution in [1.82, 2.24) is 5.32 Å². The lowest BCUT2D eigenvalue weighted by atomic mass is 9.68. The van der Waals surface area contributed by atoms with Crippen LogP contribution >= 0.6 is 0 Å². The summed E-state index contributed by atoms with van der Waals surface area (Å²) >= 11 is 0.